The number of para-hydroxylation sites is 3. The van der Waals surface area contributed by atoms with Gasteiger partial charge in [-0.2, -0.15) is 0 Å². The van der Waals surface area contributed by atoms with Gasteiger partial charge in [0.15, 0.2) is 0 Å². The zero-order chi connectivity index (χ0) is 25.5. The molecule has 0 atom stereocenters. The molecular weight excluding hydrogens is 494 g/mol. The highest BCUT2D eigenvalue weighted by atomic mass is 32.1. The molecule has 0 fully saturated rings. The second-order valence-corrected chi connectivity index (χ2v) is 10.9. The van der Waals surface area contributed by atoms with Gasteiger partial charge in [-0.3, -0.25) is 0 Å². The number of benzene rings is 6. The van der Waals surface area contributed by atoms with Crippen LogP contribution in [0.5, 0.6) is 0 Å². The van der Waals surface area contributed by atoms with Crippen LogP contribution in [-0.2, 0) is 0 Å². The number of thiazole rings is 1. The molecule has 0 saturated carbocycles. The van der Waals surface area contributed by atoms with E-state index < -0.39 is 0 Å². The molecular formula is C35H21N3S. The third-order valence-corrected chi connectivity index (χ3v) is 8.84. The predicted molar refractivity (Wildman–Crippen MR) is 166 cm³/mol. The van der Waals surface area contributed by atoms with Crippen molar-refractivity contribution >= 4 is 75.9 Å². The molecule has 0 spiro atoms. The number of hydrogen-bond donors (Lipinski definition) is 0. The van der Waals surface area contributed by atoms with Gasteiger partial charge in [-0.15, -0.1) is 11.3 Å². The molecule has 3 heterocycles. The summed E-state index contributed by atoms with van der Waals surface area (Å²) in [6.07, 6.45) is 0. The summed E-state index contributed by atoms with van der Waals surface area (Å²) in [6.45, 7) is 0. The van der Waals surface area contributed by atoms with Crippen LogP contribution in [0.15, 0.2) is 127 Å². The van der Waals surface area contributed by atoms with Gasteiger partial charge in [-0.05, 0) is 42.5 Å². The fourth-order valence-electron chi connectivity index (χ4n) is 6.42. The smallest absolute Gasteiger partial charge is 0.0813 e. The van der Waals surface area contributed by atoms with Crippen LogP contribution in [0, 0.1) is 0 Å². The summed E-state index contributed by atoms with van der Waals surface area (Å²) in [4.78, 5) is 4.52. The predicted octanol–water partition coefficient (Wildman–Crippen LogP) is 9.64. The topological polar surface area (TPSA) is 22.8 Å². The van der Waals surface area contributed by atoms with Crippen LogP contribution < -0.4 is 0 Å². The Labute approximate surface area is 227 Å². The van der Waals surface area contributed by atoms with Crippen molar-refractivity contribution in [1.82, 2.24) is 14.1 Å². The summed E-state index contributed by atoms with van der Waals surface area (Å²) in [5, 5.41) is 7.58. The van der Waals surface area contributed by atoms with Crippen LogP contribution >= 0.6 is 11.3 Å². The van der Waals surface area contributed by atoms with Crippen LogP contribution in [0.25, 0.3) is 76.0 Å². The Hall–Kier alpha value is -4.93. The molecule has 3 nitrogen and oxygen atoms in total. The molecule has 0 aliphatic heterocycles. The van der Waals surface area contributed by atoms with Gasteiger partial charge in [0.05, 0.1) is 37.8 Å². The Kier molecular flexibility index (Phi) is 4.21. The van der Waals surface area contributed by atoms with Crippen LogP contribution in [0.3, 0.4) is 0 Å². The van der Waals surface area contributed by atoms with Crippen molar-refractivity contribution in [2.24, 2.45) is 0 Å². The number of fused-ring (bicyclic) bond motifs is 10. The number of aromatic nitrogens is 3. The largest absolute Gasteiger partial charge is 0.309 e. The average Bonchev–Trinajstić information content (AvgIpc) is 3.69. The molecule has 3 aromatic heterocycles. The number of rotatable bonds is 2. The second kappa shape index (κ2) is 7.79. The average molecular weight is 516 g/mol. The molecule has 9 rings (SSSR count). The molecule has 39 heavy (non-hydrogen) atoms. The van der Waals surface area contributed by atoms with Crippen molar-refractivity contribution < 1.29 is 0 Å². The summed E-state index contributed by atoms with van der Waals surface area (Å²) in [5.41, 5.74) is 10.2. The number of hydrogen-bond acceptors (Lipinski definition) is 2. The van der Waals surface area contributed by atoms with Crippen LogP contribution in [0.2, 0.25) is 0 Å². The molecule has 0 aliphatic rings. The van der Waals surface area contributed by atoms with Gasteiger partial charge in [0.2, 0.25) is 0 Å². The van der Waals surface area contributed by atoms with Gasteiger partial charge >= 0.3 is 0 Å². The summed E-state index contributed by atoms with van der Waals surface area (Å²) in [7, 11) is 0. The highest BCUT2D eigenvalue weighted by Crippen LogP contribution is 2.42. The van der Waals surface area contributed by atoms with Gasteiger partial charge in [0, 0.05) is 43.7 Å². The summed E-state index contributed by atoms with van der Waals surface area (Å²) in [6, 6.07) is 44.1. The Balaban J connectivity index is 1.50. The van der Waals surface area contributed by atoms with Crippen LogP contribution in [0.1, 0.15) is 0 Å². The monoisotopic (exact) mass is 515 g/mol. The van der Waals surface area contributed by atoms with Crippen molar-refractivity contribution in [2.75, 3.05) is 0 Å². The van der Waals surface area contributed by atoms with E-state index in [-0.39, 0.29) is 0 Å². The zero-order valence-electron chi connectivity index (χ0n) is 20.9. The third-order valence-electron chi connectivity index (χ3n) is 8.05. The van der Waals surface area contributed by atoms with Gasteiger partial charge in [-0.1, -0.05) is 78.9 Å². The van der Waals surface area contributed by atoms with Crippen LogP contribution in [0.4, 0.5) is 0 Å². The van der Waals surface area contributed by atoms with Gasteiger partial charge in [-0.25, -0.2) is 4.98 Å². The van der Waals surface area contributed by atoms with Gasteiger partial charge in [0.25, 0.3) is 0 Å². The minimum absolute atomic E-state index is 1.04. The van der Waals surface area contributed by atoms with Crippen molar-refractivity contribution in [3.8, 4) is 11.4 Å². The third kappa shape index (κ3) is 2.84. The van der Waals surface area contributed by atoms with Crippen LogP contribution in [-0.4, -0.2) is 14.1 Å². The van der Waals surface area contributed by atoms with E-state index in [1.165, 1.54) is 64.8 Å². The van der Waals surface area contributed by atoms with Crippen molar-refractivity contribution in [3.05, 3.63) is 127 Å². The molecule has 0 amide bonds. The molecule has 182 valence electrons. The van der Waals surface area contributed by atoms with E-state index in [0.29, 0.717) is 0 Å². The lowest BCUT2D eigenvalue weighted by molar-refractivity contribution is 1.18. The molecule has 4 heteroatoms. The minimum Gasteiger partial charge on any atom is -0.309 e. The SMILES string of the molecule is c1ccc(-n2c3ccccc3c3ccc4c(ccc5c6ccccc6n(-c6ccc7ncsc7c6)c54)c32)cc1. The highest BCUT2D eigenvalue weighted by molar-refractivity contribution is 7.16. The Morgan fingerprint density at radius 1 is 0.462 bits per heavy atom. The first-order chi connectivity index (χ1) is 19.4. The maximum atomic E-state index is 4.52. The zero-order valence-corrected chi connectivity index (χ0v) is 21.7. The molecule has 0 N–H and O–H groups in total. The van der Waals surface area contributed by atoms with Crippen molar-refractivity contribution in [1.29, 1.82) is 0 Å². The Morgan fingerprint density at radius 3 is 1.64 bits per heavy atom. The normalized spacial score (nSPS) is 12.1. The quantitative estimate of drug-likeness (QED) is 0.225. The molecule has 0 unspecified atom stereocenters. The molecule has 0 bridgehead atoms. The lowest BCUT2D eigenvalue weighted by Gasteiger charge is -2.12. The first-order valence-electron chi connectivity index (χ1n) is 13.1. The Bertz CT molecular complexity index is 2390. The first kappa shape index (κ1) is 21.1. The molecule has 0 radical (unpaired) electrons. The summed E-state index contributed by atoms with van der Waals surface area (Å²) < 4.78 is 6.06. The van der Waals surface area contributed by atoms with E-state index in [9.17, 15) is 0 Å². The molecule has 6 aromatic carbocycles. The molecule has 9 aromatic rings. The van der Waals surface area contributed by atoms with Gasteiger partial charge < -0.3 is 9.13 Å². The van der Waals surface area contributed by atoms with E-state index in [0.717, 1.165) is 11.2 Å². The Morgan fingerprint density at radius 2 is 1.00 bits per heavy atom. The first-order valence-corrected chi connectivity index (χ1v) is 14.0. The summed E-state index contributed by atoms with van der Waals surface area (Å²) >= 11 is 1.69. The standard InChI is InChI=1S/C35H21N3S/c1-2-8-22(9-3-1)37-31-12-6-4-10-24(31)26-15-18-29-28(34(26)37)17-16-27-25-11-5-7-13-32(25)38(35(27)29)23-14-19-30-33(20-23)39-21-36-30/h1-21H. The lowest BCUT2D eigenvalue weighted by atomic mass is 10.0. The minimum atomic E-state index is 1.04. The lowest BCUT2D eigenvalue weighted by Crippen LogP contribution is -1.96. The highest BCUT2D eigenvalue weighted by Gasteiger charge is 2.19. The van der Waals surface area contributed by atoms with Crippen molar-refractivity contribution in [3.63, 3.8) is 0 Å². The maximum absolute atomic E-state index is 4.52. The van der Waals surface area contributed by atoms with Crippen molar-refractivity contribution in [2.45, 2.75) is 0 Å². The fourth-order valence-corrected chi connectivity index (χ4v) is 7.13. The maximum Gasteiger partial charge on any atom is 0.0813 e. The van der Waals surface area contributed by atoms with E-state index in [2.05, 4.69) is 135 Å². The van der Waals surface area contributed by atoms with E-state index in [1.807, 2.05) is 5.51 Å². The second-order valence-electron chi connectivity index (χ2n) is 10.1. The molecule has 0 aliphatic carbocycles. The van der Waals surface area contributed by atoms with E-state index in [4.69, 9.17) is 0 Å². The van der Waals surface area contributed by atoms with E-state index >= 15 is 0 Å². The van der Waals surface area contributed by atoms with Gasteiger partial charge in [0.1, 0.15) is 0 Å². The summed E-state index contributed by atoms with van der Waals surface area (Å²) in [5.74, 6) is 0. The molecule has 0 saturated heterocycles. The number of nitrogens with zero attached hydrogens (tertiary/aromatic N) is 3. The van der Waals surface area contributed by atoms with E-state index in [1.54, 1.807) is 11.3 Å². The fraction of sp³-hybridized carbons (Fsp3) is 0.